The Morgan fingerprint density at radius 3 is 1.31 bits per heavy atom. The number of carbonyl (C=O) groups is 2. The van der Waals surface area contributed by atoms with Crippen LogP contribution >= 0.6 is 15.9 Å². The molecule has 10 heteroatoms. The molecule has 0 aliphatic heterocycles. The number of ether oxygens (including phenoxy) is 4. The zero-order chi connectivity index (χ0) is 45.0. The van der Waals surface area contributed by atoms with E-state index in [1.807, 2.05) is 48.5 Å². The third-order valence-corrected chi connectivity index (χ3v) is 15.5. The summed E-state index contributed by atoms with van der Waals surface area (Å²) in [6.45, 7) is 0. The van der Waals surface area contributed by atoms with Crippen molar-refractivity contribution in [2.75, 3.05) is 28.4 Å². The Labute approximate surface area is 387 Å². The summed E-state index contributed by atoms with van der Waals surface area (Å²) >= 11 is 3.30. The molecule has 2 N–H and O–H groups in total. The summed E-state index contributed by atoms with van der Waals surface area (Å²) in [6, 6.07) is 27.8. The molecule has 332 valence electrons. The molecule has 64 heavy (non-hydrogen) atoms. The SMILES string of the molecule is COC(=O)C#Cc1ccc(-c2ccc(OC)c(C34CC5CC(CC(C5)C3)C4)c2)cc1.COC(=O)C#Cc1ccc(Br)cc1.COc1ccc(B(O)O)cc1C12CC3CC(CC(C3)C1)C2. The second-order valence-corrected chi connectivity index (χ2v) is 20.1. The summed E-state index contributed by atoms with van der Waals surface area (Å²) in [5, 5.41) is 19.0. The molecule has 4 aromatic carbocycles. The lowest BCUT2D eigenvalue weighted by atomic mass is 9.47. The maximum absolute atomic E-state index is 11.2. The summed E-state index contributed by atoms with van der Waals surface area (Å²) in [5.41, 5.74) is 7.69. The Hall–Kier alpha value is -5.00. The van der Waals surface area contributed by atoms with Gasteiger partial charge in [0.2, 0.25) is 0 Å². The average Bonchev–Trinajstić information content (AvgIpc) is 3.29. The molecule has 0 heterocycles. The summed E-state index contributed by atoms with van der Waals surface area (Å²) in [4.78, 5) is 21.9. The van der Waals surface area contributed by atoms with Crippen molar-refractivity contribution in [3.05, 3.63) is 112 Å². The topological polar surface area (TPSA) is 112 Å². The van der Waals surface area contributed by atoms with Gasteiger partial charge in [-0.25, -0.2) is 9.59 Å². The molecule has 0 atom stereocenters. The van der Waals surface area contributed by atoms with Gasteiger partial charge in [-0.2, -0.15) is 0 Å². The van der Waals surface area contributed by atoms with Crippen molar-refractivity contribution in [3.63, 3.8) is 0 Å². The molecule has 8 aliphatic carbocycles. The van der Waals surface area contributed by atoms with E-state index in [1.165, 1.54) is 108 Å². The summed E-state index contributed by atoms with van der Waals surface area (Å²) in [5.74, 6) is 16.6. The number of halogens is 1. The Kier molecular flexibility index (Phi) is 14.0. The van der Waals surface area contributed by atoms with E-state index in [1.54, 1.807) is 20.3 Å². The minimum Gasteiger partial charge on any atom is -0.496 e. The lowest BCUT2D eigenvalue weighted by Crippen LogP contribution is -2.49. The molecule has 8 aliphatic rings. The van der Waals surface area contributed by atoms with Gasteiger partial charge >= 0.3 is 19.1 Å². The highest BCUT2D eigenvalue weighted by molar-refractivity contribution is 9.10. The number of carbonyl (C=O) groups excluding carboxylic acids is 2. The first-order valence-corrected chi connectivity index (χ1v) is 23.5. The lowest BCUT2D eigenvalue weighted by Gasteiger charge is -2.57. The Bertz CT molecular complexity index is 2380. The minimum absolute atomic E-state index is 0.213. The van der Waals surface area contributed by atoms with Crippen molar-refractivity contribution in [2.24, 2.45) is 35.5 Å². The minimum atomic E-state index is -1.40. The van der Waals surface area contributed by atoms with E-state index >= 15 is 0 Å². The summed E-state index contributed by atoms with van der Waals surface area (Å²) in [6.07, 6.45) is 16.3. The van der Waals surface area contributed by atoms with Crippen molar-refractivity contribution in [2.45, 2.75) is 87.9 Å². The number of hydrogen-bond acceptors (Lipinski definition) is 8. The first-order valence-electron chi connectivity index (χ1n) is 22.7. The van der Waals surface area contributed by atoms with Gasteiger partial charge in [-0.1, -0.05) is 58.1 Å². The predicted octanol–water partition coefficient (Wildman–Crippen LogP) is 9.17. The van der Waals surface area contributed by atoms with Gasteiger partial charge in [0, 0.05) is 33.0 Å². The molecule has 8 saturated carbocycles. The smallest absolute Gasteiger partial charge is 0.488 e. The second-order valence-electron chi connectivity index (χ2n) is 19.2. The molecule has 8 fully saturated rings. The Morgan fingerprint density at radius 1 is 0.547 bits per heavy atom. The molecule has 0 radical (unpaired) electrons. The highest BCUT2D eigenvalue weighted by Crippen LogP contribution is 2.63. The predicted molar refractivity (Wildman–Crippen MR) is 253 cm³/mol. The summed E-state index contributed by atoms with van der Waals surface area (Å²) in [7, 11) is 4.76. The van der Waals surface area contributed by atoms with Crippen LogP contribution < -0.4 is 14.9 Å². The first kappa shape index (κ1) is 45.6. The van der Waals surface area contributed by atoms with Gasteiger partial charge in [0.15, 0.2) is 0 Å². The van der Waals surface area contributed by atoms with Crippen LogP contribution in [0.3, 0.4) is 0 Å². The van der Waals surface area contributed by atoms with Gasteiger partial charge in [-0.05, 0) is 200 Å². The normalized spacial score (nSPS) is 27.2. The fraction of sp³-hybridized carbons (Fsp3) is 0.444. The van der Waals surface area contributed by atoms with Crippen LogP contribution in [0.2, 0.25) is 0 Å². The van der Waals surface area contributed by atoms with E-state index in [0.717, 1.165) is 68.2 Å². The van der Waals surface area contributed by atoms with E-state index < -0.39 is 19.1 Å². The largest absolute Gasteiger partial charge is 0.496 e. The lowest BCUT2D eigenvalue weighted by molar-refractivity contribution is -0.134. The van der Waals surface area contributed by atoms with Crippen molar-refractivity contribution in [1.29, 1.82) is 0 Å². The molecule has 4 aromatic rings. The molecule has 8 nitrogen and oxygen atoms in total. The highest BCUT2D eigenvalue weighted by atomic mass is 79.9. The summed E-state index contributed by atoms with van der Waals surface area (Å²) < 4.78 is 21.4. The van der Waals surface area contributed by atoms with Gasteiger partial charge in [-0.15, -0.1) is 0 Å². The van der Waals surface area contributed by atoms with Crippen LogP contribution in [0.4, 0.5) is 0 Å². The fourth-order valence-electron chi connectivity index (χ4n) is 13.1. The van der Waals surface area contributed by atoms with Gasteiger partial charge in [0.25, 0.3) is 0 Å². The number of rotatable bonds is 6. The number of hydrogen-bond donors (Lipinski definition) is 2. The third-order valence-electron chi connectivity index (χ3n) is 15.0. The van der Waals surface area contributed by atoms with Crippen LogP contribution in [-0.4, -0.2) is 57.5 Å². The molecule has 0 unspecified atom stereocenters. The molecule has 0 spiro atoms. The number of methoxy groups -OCH3 is 4. The van der Waals surface area contributed by atoms with Crippen molar-refractivity contribution in [3.8, 4) is 46.3 Å². The zero-order valence-electron chi connectivity index (χ0n) is 37.3. The average molecular weight is 926 g/mol. The molecule has 0 amide bonds. The molecular weight excluding hydrogens is 867 g/mol. The second kappa shape index (κ2) is 19.6. The van der Waals surface area contributed by atoms with E-state index in [4.69, 9.17) is 9.47 Å². The Balaban J connectivity index is 0.000000143. The molecule has 8 bridgehead atoms. The van der Waals surface area contributed by atoms with Crippen LogP contribution in [-0.2, 0) is 29.9 Å². The van der Waals surface area contributed by atoms with Crippen LogP contribution in [0.1, 0.15) is 99.3 Å². The molecular formula is C54H58BBrO8. The number of benzene rings is 4. The van der Waals surface area contributed by atoms with Crippen LogP contribution in [0, 0.1) is 59.2 Å². The van der Waals surface area contributed by atoms with Crippen LogP contribution in [0.25, 0.3) is 11.1 Å². The van der Waals surface area contributed by atoms with Crippen molar-refractivity contribution < 1.29 is 38.6 Å². The first-order chi connectivity index (χ1) is 30.9. The molecule has 12 rings (SSSR count). The third kappa shape index (κ3) is 10.1. The standard InChI is InChI=1S/C27H28O3.C17H23BO3.C10H7BrO2/c1-29-25-9-8-23(22-6-3-18(4-7-22)5-10-26(28)30-2)14-24(25)27-15-19-11-20(16-27)13-21(12-19)17-27;1-21-16-3-2-14(18(19)20)7-15(16)17-8-11-4-12(9-17)6-13(5-11)10-17;1-13-10(12)7-4-8-2-5-9(11)6-3-8/h3-4,6-9,14,19-21H,11-13,15-17H2,1-2H3;2-3,7,11-13,19-20H,4-6,8-10H2,1H3;2-3,5-6H,1H3. The quantitative estimate of drug-likeness (QED) is 0.112. The number of esters is 2. The van der Waals surface area contributed by atoms with Crippen LogP contribution in [0.15, 0.2) is 89.4 Å². The van der Waals surface area contributed by atoms with Crippen molar-refractivity contribution >= 4 is 40.4 Å². The van der Waals surface area contributed by atoms with Gasteiger partial charge in [-0.3, -0.25) is 0 Å². The van der Waals surface area contributed by atoms with Crippen molar-refractivity contribution in [1.82, 2.24) is 0 Å². The van der Waals surface area contributed by atoms with Gasteiger partial charge in [0.1, 0.15) is 11.5 Å². The van der Waals surface area contributed by atoms with E-state index in [-0.39, 0.29) is 5.41 Å². The Morgan fingerprint density at radius 2 is 0.922 bits per heavy atom. The van der Waals surface area contributed by atoms with E-state index in [2.05, 4.69) is 79.4 Å². The molecule has 0 aromatic heterocycles. The monoisotopic (exact) mass is 924 g/mol. The zero-order valence-corrected chi connectivity index (χ0v) is 38.9. The van der Waals surface area contributed by atoms with E-state index in [9.17, 15) is 19.6 Å². The maximum atomic E-state index is 11.2. The van der Waals surface area contributed by atoms with Gasteiger partial charge in [0.05, 0.1) is 28.4 Å². The van der Waals surface area contributed by atoms with E-state index in [0.29, 0.717) is 10.9 Å². The highest BCUT2D eigenvalue weighted by Gasteiger charge is 2.54. The molecule has 0 saturated heterocycles. The van der Waals surface area contributed by atoms with Gasteiger partial charge < -0.3 is 29.0 Å². The maximum Gasteiger partial charge on any atom is 0.488 e. The fourth-order valence-corrected chi connectivity index (χ4v) is 13.4. The van der Waals surface area contributed by atoms with Crippen LogP contribution in [0.5, 0.6) is 11.5 Å².